The van der Waals surface area contributed by atoms with Crippen molar-refractivity contribution in [3.8, 4) is 0 Å². The van der Waals surface area contributed by atoms with Gasteiger partial charge in [-0.25, -0.2) is 21.6 Å². The Bertz CT molecular complexity index is 2620. The zero-order chi connectivity index (χ0) is 50.3. The van der Waals surface area contributed by atoms with Crippen LogP contribution in [-0.2, 0) is 61.5 Å². The van der Waals surface area contributed by atoms with Gasteiger partial charge in [0.05, 0.1) is 55.2 Å². The molecule has 2 aliphatic heterocycles. The van der Waals surface area contributed by atoms with Crippen LogP contribution in [0.3, 0.4) is 0 Å². The fourth-order valence-corrected chi connectivity index (χ4v) is 12.0. The number of ether oxygens (including phenoxy) is 4. The Morgan fingerprint density at radius 1 is 0.629 bits per heavy atom. The van der Waals surface area contributed by atoms with Gasteiger partial charge in [0.15, 0.2) is 9.84 Å². The normalized spacial score (nSPS) is 16.5. The maximum Gasteiger partial charge on any atom is 0.240 e. The summed E-state index contributed by atoms with van der Waals surface area (Å²) in [5, 5.41) is 4.58. The number of nitrogens with zero attached hydrogens (tertiary/aromatic N) is 2. The van der Waals surface area contributed by atoms with E-state index in [2.05, 4.69) is 33.8 Å². The largest absolute Gasteiger partial charge is 0.379 e. The molecule has 70 heavy (non-hydrogen) atoms. The van der Waals surface area contributed by atoms with E-state index in [9.17, 15) is 26.4 Å². The quantitative estimate of drug-likeness (QED) is 0.0537. The van der Waals surface area contributed by atoms with Crippen LogP contribution in [0.15, 0.2) is 82.6 Å². The average molecular weight is 1060 g/mol. The number of hydrogen-bond donors (Lipinski definition) is 2. The summed E-state index contributed by atoms with van der Waals surface area (Å²) in [6, 6.07) is 21.7. The van der Waals surface area contributed by atoms with Crippen LogP contribution in [0.5, 0.6) is 0 Å². The minimum atomic E-state index is -3.79. The zero-order valence-electron chi connectivity index (χ0n) is 40.2. The maximum atomic E-state index is 13.1. The number of likely N-dealkylation sites (N-methyl/N-ethyl adjacent to an activating group) is 2. The average Bonchev–Trinajstić information content (AvgIpc) is 3.32. The summed E-state index contributed by atoms with van der Waals surface area (Å²) in [7, 11) is -3.18. The lowest BCUT2D eigenvalue weighted by molar-refractivity contribution is -0.125. The second-order valence-electron chi connectivity index (χ2n) is 17.9. The van der Waals surface area contributed by atoms with Gasteiger partial charge in [-0.2, -0.15) is 0 Å². The third-order valence-corrected chi connectivity index (χ3v) is 16.5. The van der Waals surface area contributed by atoms with E-state index in [0.717, 1.165) is 40.9 Å². The fourth-order valence-electron chi connectivity index (χ4n) is 8.84. The Hall–Kier alpha value is -3.49. The van der Waals surface area contributed by atoms with E-state index in [-0.39, 0.29) is 104 Å². The molecule has 0 saturated heterocycles. The van der Waals surface area contributed by atoms with Crippen molar-refractivity contribution in [3.63, 3.8) is 0 Å². The van der Waals surface area contributed by atoms with Gasteiger partial charge < -0.3 is 34.1 Å². The highest BCUT2D eigenvalue weighted by molar-refractivity contribution is 7.91. The van der Waals surface area contributed by atoms with Crippen LogP contribution in [0.1, 0.15) is 82.9 Å². The smallest absolute Gasteiger partial charge is 0.240 e. The standard InChI is InChI=1S/C51H65Cl3N4O10S2/c1-36-27-39(52)29-44-46(36)32-57(2)33-47(44)37-10-13-42(14-11-37)69(61,62)26-6-19-66-23-24-67-20-16-55-51(60)15-12-41(59)8-5-18-65-22-25-68-21-17-56-70(63,64)43-9-4-7-38(28-43)48-34-58(3)35-49-45(48)30-40(53)31-50(49)54/h4,7,9-11,13-14,27-31,47-48,56H,5-6,8,12,15-26,32-35H2,1-3H3,(H,55,60). The van der Waals surface area contributed by atoms with Crippen LogP contribution in [0.4, 0.5) is 0 Å². The second-order valence-corrected chi connectivity index (χ2v) is 23.1. The molecule has 4 aromatic rings. The van der Waals surface area contributed by atoms with Crippen molar-refractivity contribution in [2.45, 2.75) is 73.7 Å². The third-order valence-electron chi connectivity index (χ3n) is 12.4. The fraction of sp³-hybridized carbons (Fsp3) is 0.490. The van der Waals surface area contributed by atoms with Gasteiger partial charge in [0.25, 0.3) is 0 Å². The summed E-state index contributed by atoms with van der Waals surface area (Å²) < 4.78 is 77.2. The highest BCUT2D eigenvalue weighted by Gasteiger charge is 2.29. The van der Waals surface area contributed by atoms with E-state index < -0.39 is 19.9 Å². The first kappa shape index (κ1) is 55.8. The van der Waals surface area contributed by atoms with Gasteiger partial charge in [0.1, 0.15) is 5.78 Å². The first-order valence-electron chi connectivity index (χ1n) is 23.7. The van der Waals surface area contributed by atoms with Crippen molar-refractivity contribution in [2.75, 3.05) is 98.9 Å². The van der Waals surface area contributed by atoms with E-state index in [0.29, 0.717) is 60.8 Å². The van der Waals surface area contributed by atoms with Gasteiger partial charge in [-0.3, -0.25) is 9.59 Å². The summed E-state index contributed by atoms with van der Waals surface area (Å²) in [6.07, 6.45) is 1.35. The molecular weight excluding hydrogens is 999 g/mol. The Kier molecular flexibility index (Phi) is 21.5. The molecule has 2 heterocycles. The molecule has 0 fully saturated rings. The van der Waals surface area contributed by atoms with Crippen molar-refractivity contribution >= 4 is 66.4 Å². The number of sulfone groups is 1. The SMILES string of the molecule is Cc1cc(Cl)cc2c1CN(C)CC2c1ccc(S(=O)(=O)CCCOCCOCCNC(=O)CCC(=O)CCCOCCOCCNS(=O)(=O)c2cccc(C3CN(C)Cc4c(Cl)cc(Cl)cc43)c2)cc1. The molecule has 0 aliphatic carbocycles. The van der Waals surface area contributed by atoms with E-state index in [1.807, 2.05) is 43.4 Å². The second kappa shape index (κ2) is 27.0. The van der Waals surface area contributed by atoms with Crippen LogP contribution in [0, 0.1) is 6.92 Å². The van der Waals surface area contributed by atoms with Crippen molar-refractivity contribution in [1.29, 1.82) is 0 Å². The van der Waals surface area contributed by atoms with Crippen LogP contribution < -0.4 is 10.0 Å². The monoisotopic (exact) mass is 1060 g/mol. The van der Waals surface area contributed by atoms with Crippen molar-refractivity contribution in [1.82, 2.24) is 19.8 Å². The number of aryl methyl sites for hydroxylation is 1. The molecule has 0 bridgehead atoms. The molecule has 19 heteroatoms. The Balaban J connectivity index is 0.735. The molecule has 0 radical (unpaired) electrons. The number of benzene rings is 4. The number of Topliss-reactive ketones (excluding diaryl/α,β-unsaturated/α-hetero) is 1. The highest BCUT2D eigenvalue weighted by Crippen LogP contribution is 2.39. The number of hydrogen-bond acceptors (Lipinski definition) is 12. The number of carbonyl (C=O) groups excluding carboxylic acids is 2. The van der Waals surface area contributed by atoms with Gasteiger partial charge >= 0.3 is 0 Å². The summed E-state index contributed by atoms with van der Waals surface area (Å²) in [4.78, 5) is 29.4. The molecule has 1 amide bonds. The maximum absolute atomic E-state index is 13.1. The van der Waals surface area contributed by atoms with Gasteiger partial charge in [-0.1, -0.05) is 59.1 Å². The van der Waals surface area contributed by atoms with Crippen molar-refractivity contribution in [3.05, 3.63) is 127 Å². The number of halogens is 3. The summed E-state index contributed by atoms with van der Waals surface area (Å²) >= 11 is 19.3. The lowest BCUT2D eigenvalue weighted by Crippen LogP contribution is -2.31. The summed E-state index contributed by atoms with van der Waals surface area (Å²) in [5.41, 5.74) is 7.51. The topological polar surface area (TPSA) is 170 Å². The van der Waals surface area contributed by atoms with E-state index in [4.69, 9.17) is 53.8 Å². The number of nitrogens with one attached hydrogen (secondary N) is 2. The van der Waals surface area contributed by atoms with Crippen LogP contribution >= 0.6 is 34.8 Å². The molecule has 382 valence electrons. The van der Waals surface area contributed by atoms with Gasteiger partial charge in [-0.05, 0) is 121 Å². The highest BCUT2D eigenvalue weighted by atomic mass is 35.5. The summed E-state index contributed by atoms with van der Waals surface area (Å²) in [6.45, 7) is 7.68. The van der Waals surface area contributed by atoms with Crippen LogP contribution in [0.2, 0.25) is 15.1 Å². The van der Waals surface area contributed by atoms with Gasteiger partial charge in [-0.15, -0.1) is 0 Å². The van der Waals surface area contributed by atoms with Gasteiger partial charge in [0, 0.05) is 98.6 Å². The molecule has 0 aromatic heterocycles. The molecule has 14 nitrogen and oxygen atoms in total. The first-order valence-corrected chi connectivity index (χ1v) is 27.9. The number of amides is 1. The van der Waals surface area contributed by atoms with Crippen LogP contribution in [-0.4, -0.2) is 137 Å². The molecule has 2 N–H and O–H groups in total. The molecule has 0 spiro atoms. The zero-order valence-corrected chi connectivity index (χ0v) is 44.1. The van der Waals surface area contributed by atoms with Crippen molar-refractivity contribution in [2.24, 2.45) is 0 Å². The van der Waals surface area contributed by atoms with E-state index in [1.54, 1.807) is 36.4 Å². The third kappa shape index (κ3) is 16.5. The molecule has 6 rings (SSSR count). The Labute approximate surface area is 428 Å². The van der Waals surface area contributed by atoms with Gasteiger partial charge in [0.2, 0.25) is 15.9 Å². The van der Waals surface area contributed by atoms with Crippen LogP contribution in [0.25, 0.3) is 0 Å². The molecule has 2 aliphatic rings. The first-order chi connectivity index (χ1) is 33.5. The number of ketones is 1. The predicted octanol–water partition coefficient (Wildman–Crippen LogP) is 7.56. The number of fused-ring (bicyclic) bond motifs is 2. The predicted molar refractivity (Wildman–Crippen MR) is 274 cm³/mol. The molecule has 2 unspecified atom stereocenters. The van der Waals surface area contributed by atoms with E-state index >= 15 is 0 Å². The minimum absolute atomic E-state index is 0.0326. The molecular formula is C51H65Cl3N4O10S2. The number of sulfonamides is 1. The number of carbonyl (C=O) groups is 2. The lowest BCUT2D eigenvalue weighted by atomic mass is 9.83. The Morgan fingerprint density at radius 2 is 1.21 bits per heavy atom. The minimum Gasteiger partial charge on any atom is -0.379 e. The number of rotatable bonds is 28. The molecule has 4 aromatic carbocycles. The van der Waals surface area contributed by atoms with E-state index in [1.165, 1.54) is 11.1 Å². The Morgan fingerprint density at radius 3 is 1.90 bits per heavy atom. The summed E-state index contributed by atoms with van der Waals surface area (Å²) in [5.74, 6) is -0.299. The molecule has 2 atom stereocenters. The molecule has 0 saturated carbocycles. The lowest BCUT2D eigenvalue weighted by Gasteiger charge is -2.34. The van der Waals surface area contributed by atoms with Crippen molar-refractivity contribution < 1.29 is 45.4 Å².